The Morgan fingerprint density at radius 2 is 1.72 bits per heavy atom. The lowest BCUT2D eigenvalue weighted by atomic mass is 10.0. The average molecular weight is 428 g/mol. The van der Waals surface area contributed by atoms with Gasteiger partial charge in [-0.25, -0.2) is 9.37 Å². The van der Waals surface area contributed by atoms with Crippen molar-refractivity contribution in [1.82, 2.24) is 19.7 Å². The van der Waals surface area contributed by atoms with Gasteiger partial charge >= 0.3 is 0 Å². The van der Waals surface area contributed by atoms with Gasteiger partial charge in [-0.05, 0) is 66.9 Å². The Morgan fingerprint density at radius 3 is 2.44 bits per heavy atom. The average Bonchev–Trinajstić information content (AvgIpc) is 3.39. The van der Waals surface area contributed by atoms with E-state index in [1.807, 2.05) is 48.5 Å². The highest BCUT2D eigenvalue weighted by Crippen LogP contribution is 2.25. The summed E-state index contributed by atoms with van der Waals surface area (Å²) in [6, 6.07) is 21.5. The van der Waals surface area contributed by atoms with E-state index in [1.54, 1.807) is 19.2 Å². The predicted molar refractivity (Wildman–Crippen MR) is 122 cm³/mol. The molecule has 32 heavy (non-hydrogen) atoms. The SMILES string of the molecule is COc1ccc(-c2[nH]n(-c3nc4ccccc4[nH]3)c(=O)c2CCc2ccc(F)cc2)cc1. The van der Waals surface area contributed by atoms with E-state index in [2.05, 4.69) is 15.1 Å². The Bertz CT molecular complexity index is 1400. The zero-order valence-electron chi connectivity index (χ0n) is 17.4. The number of aromatic amines is 2. The standard InChI is InChI=1S/C25H21FN4O2/c1-32-19-13-9-17(10-14-19)23-20(15-8-16-6-11-18(26)12-7-16)24(31)30(29-23)25-27-21-4-2-3-5-22(21)28-25/h2-7,9-14,29H,8,15H2,1H3,(H,27,28). The number of fused-ring (bicyclic) bond motifs is 1. The van der Waals surface area contributed by atoms with Crippen molar-refractivity contribution in [3.05, 3.63) is 100 Å². The van der Waals surface area contributed by atoms with Crippen LogP contribution >= 0.6 is 0 Å². The van der Waals surface area contributed by atoms with Crippen molar-refractivity contribution < 1.29 is 9.13 Å². The first-order valence-corrected chi connectivity index (χ1v) is 10.3. The van der Waals surface area contributed by atoms with Crippen LogP contribution in [0.15, 0.2) is 77.6 Å². The minimum absolute atomic E-state index is 0.169. The third kappa shape index (κ3) is 3.69. The van der Waals surface area contributed by atoms with Crippen molar-refractivity contribution in [3.63, 3.8) is 0 Å². The Hall–Kier alpha value is -4.13. The first-order chi connectivity index (χ1) is 15.6. The van der Waals surface area contributed by atoms with E-state index < -0.39 is 0 Å². The molecule has 0 aliphatic rings. The van der Waals surface area contributed by atoms with E-state index in [0.717, 1.165) is 33.6 Å². The Balaban J connectivity index is 1.58. The number of benzene rings is 3. The van der Waals surface area contributed by atoms with Crippen LogP contribution < -0.4 is 10.3 Å². The zero-order chi connectivity index (χ0) is 22.1. The Labute approximate surface area is 183 Å². The van der Waals surface area contributed by atoms with Crippen molar-refractivity contribution in [1.29, 1.82) is 0 Å². The molecule has 0 amide bonds. The number of rotatable bonds is 6. The number of para-hydroxylation sites is 2. The highest BCUT2D eigenvalue weighted by molar-refractivity contribution is 5.76. The highest BCUT2D eigenvalue weighted by atomic mass is 19.1. The molecule has 0 aliphatic carbocycles. The second-order valence-electron chi connectivity index (χ2n) is 7.54. The molecule has 6 nitrogen and oxygen atoms in total. The first-order valence-electron chi connectivity index (χ1n) is 10.3. The molecule has 0 bridgehead atoms. The van der Waals surface area contributed by atoms with Gasteiger partial charge in [0, 0.05) is 11.1 Å². The first kappa shape index (κ1) is 19.8. The molecule has 7 heteroatoms. The summed E-state index contributed by atoms with van der Waals surface area (Å²) in [7, 11) is 1.61. The van der Waals surface area contributed by atoms with Gasteiger partial charge in [-0.15, -0.1) is 0 Å². The number of imidazole rings is 1. The molecule has 0 spiro atoms. The van der Waals surface area contributed by atoms with Gasteiger partial charge < -0.3 is 9.72 Å². The summed E-state index contributed by atoms with van der Waals surface area (Å²) in [6.07, 6.45) is 1.10. The quantitative estimate of drug-likeness (QED) is 0.414. The molecular formula is C25H21FN4O2. The monoisotopic (exact) mass is 428 g/mol. The van der Waals surface area contributed by atoms with Crippen LogP contribution in [0.25, 0.3) is 28.2 Å². The fourth-order valence-electron chi connectivity index (χ4n) is 3.82. The maximum Gasteiger partial charge on any atom is 0.277 e. The maximum atomic E-state index is 13.4. The molecule has 5 aromatic rings. The fraction of sp³-hybridized carbons (Fsp3) is 0.120. The van der Waals surface area contributed by atoms with Crippen LogP contribution in [-0.4, -0.2) is 26.9 Å². The van der Waals surface area contributed by atoms with Gasteiger partial charge in [0.25, 0.3) is 5.56 Å². The molecule has 0 radical (unpaired) electrons. The van der Waals surface area contributed by atoms with E-state index in [-0.39, 0.29) is 11.4 Å². The van der Waals surface area contributed by atoms with Crippen LogP contribution in [0.2, 0.25) is 0 Å². The summed E-state index contributed by atoms with van der Waals surface area (Å²) in [5, 5.41) is 3.24. The van der Waals surface area contributed by atoms with Crippen molar-refractivity contribution in [3.8, 4) is 23.0 Å². The van der Waals surface area contributed by atoms with Gasteiger partial charge in [0.15, 0.2) is 0 Å². The molecule has 0 saturated heterocycles. The largest absolute Gasteiger partial charge is 0.497 e. The minimum Gasteiger partial charge on any atom is -0.497 e. The van der Waals surface area contributed by atoms with Crippen LogP contribution in [0.1, 0.15) is 11.1 Å². The molecular weight excluding hydrogens is 407 g/mol. The summed E-state index contributed by atoms with van der Waals surface area (Å²) >= 11 is 0. The van der Waals surface area contributed by atoms with Crippen LogP contribution in [0.4, 0.5) is 4.39 Å². The summed E-state index contributed by atoms with van der Waals surface area (Å²) in [5.74, 6) is 0.890. The predicted octanol–water partition coefficient (Wildman–Crippen LogP) is 4.64. The van der Waals surface area contributed by atoms with Crippen LogP contribution in [-0.2, 0) is 12.8 Å². The van der Waals surface area contributed by atoms with Crippen molar-refractivity contribution in [2.45, 2.75) is 12.8 Å². The van der Waals surface area contributed by atoms with Crippen LogP contribution in [0.3, 0.4) is 0 Å². The zero-order valence-corrected chi connectivity index (χ0v) is 17.4. The fourth-order valence-corrected chi connectivity index (χ4v) is 3.82. The smallest absolute Gasteiger partial charge is 0.277 e. The minimum atomic E-state index is -0.276. The number of nitrogens with zero attached hydrogens (tertiary/aromatic N) is 2. The van der Waals surface area contributed by atoms with Crippen LogP contribution in [0.5, 0.6) is 5.75 Å². The lowest BCUT2D eigenvalue weighted by Crippen LogP contribution is -2.18. The van der Waals surface area contributed by atoms with E-state index in [9.17, 15) is 9.18 Å². The molecule has 2 heterocycles. The topological polar surface area (TPSA) is 75.7 Å². The Morgan fingerprint density at radius 1 is 0.969 bits per heavy atom. The number of methoxy groups -OCH3 is 1. The third-order valence-corrected chi connectivity index (χ3v) is 5.53. The van der Waals surface area contributed by atoms with Gasteiger partial charge in [-0.1, -0.05) is 24.3 Å². The lowest BCUT2D eigenvalue weighted by Gasteiger charge is -2.05. The number of aryl methyl sites for hydroxylation is 1. The van der Waals surface area contributed by atoms with Gasteiger partial charge in [0.05, 0.1) is 23.8 Å². The molecule has 160 valence electrons. The third-order valence-electron chi connectivity index (χ3n) is 5.53. The number of H-pyrrole nitrogens is 2. The number of hydrogen-bond donors (Lipinski definition) is 2. The summed E-state index contributed by atoms with van der Waals surface area (Å²) in [5.41, 5.74) is 4.65. The van der Waals surface area contributed by atoms with Crippen LogP contribution in [0, 0.1) is 5.82 Å². The van der Waals surface area contributed by atoms with E-state index >= 15 is 0 Å². The maximum absolute atomic E-state index is 13.4. The summed E-state index contributed by atoms with van der Waals surface area (Å²) in [4.78, 5) is 21.2. The number of nitrogens with one attached hydrogen (secondary N) is 2. The van der Waals surface area contributed by atoms with Crippen molar-refractivity contribution in [2.24, 2.45) is 0 Å². The summed E-state index contributed by atoms with van der Waals surface area (Å²) in [6.45, 7) is 0. The second-order valence-corrected chi connectivity index (χ2v) is 7.54. The van der Waals surface area contributed by atoms with Crippen molar-refractivity contribution in [2.75, 3.05) is 7.11 Å². The van der Waals surface area contributed by atoms with Crippen molar-refractivity contribution >= 4 is 11.0 Å². The molecule has 0 atom stereocenters. The molecule has 3 aromatic carbocycles. The van der Waals surface area contributed by atoms with E-state index in [1.165, 1.54) is 16.8 Å². The lowest BCUT2D eigenvalue weighted by molar-refractivity contribution is 0.415. The summed E-state index contributed by atoms with van der Waals surface area (Å²) < 4.78 is 20.0. The molecule has 2 N–H and O–H groups in total. The number of aromatic nitrogens is 4. The second kappa shape index (κ2) is 8.19. The normalized spacial score (nSPS) is 11.2. The Kier molecular flexibility index (Phi) is 5.07. The van der Waals surface area contributed by atoms with Gasteiger partial charge in [-0.3, -0.25) is 9.89 Å². The molecule has 2 aromatic heterocycles. The molecule has 5 rings (SSSR count). The molecule has 0 saturated carbocycles. The molecule has 0 aliphatic heterocycles. The highest BCUT2D eigenvalue weighted by Gasteiger charge is 2.19. The number of ether oxygens (including phenoxy) is 1. The molecule has 0 unspecified atom stereocenters. The van der Waals surface area contributed by atoms with Gasteiger partial charge in [0.2, 0.25) is 5.95 Å². The number of hydrogen-bond acceptors (Lipinski definition) is 3. The van der Waals surface area contributed by atoms with E-state index in [4.69, 9.17) is 4.74 Å². The van der Waals surface area contributed by atoms with Gasteiger partial charge in [-0.2, -0.15) is 4.68 Å². The number of halogens is 1. The molecule has 0 fully saturated rings. The van der Waals surface area contributed by atoms with Gasteiger partial charge in [0.1, 0.15) is 11.6 Å². The van der Waals surface area contributed by atoms with E-state index in [0.29, 0.717) is 24.4 Å².